The third-order valence-electron chi connectivity index (χ3n) is 3.13. The average Bonchev–Trinajstić information content (AvgIpc) is 2.97. The first-order chi connectivity index (χ1) is 9.74. The molecule has 1 N–H and O–H groups in total. The number of para-hydroxylation sites is 1. The highest BCUT2D eigenvalue weighted by Crippen LogP contribution is 2.27. The Balaban J connectivity index is 1.89. The number of rotatable bonds is 8. The van der Waals surface area contributed by atoms with Gasteiger partial charge in [-0.25, -0.2) is 0 Å². The fraction of sp³-hybridized carbons (Fsp3) is 0.500. The van der Waals surface area contributed by atoms with Crippen molar-refractivity contribution in [3.8, 4) is 0 Å². The number of thioether (sulfide) groups is 1. The molecule has 2 aromatic rings. The lowest BCUT2D eigenvalue weighted by Crippen LogP contribution is -2.42. The highest BCUT2D eigenvalue weighted by atomic mass is 32.2. The minimum atomic E-state index is -2.44. The van der Waals surface area contributed by atoms with Gasteiger partial charge in [0.15, 0.2) is 0 Å². The van der Waals surface area contributed by atoms with Gasteiger partial charge in [0, 0.05) is 32.3 Å². The molecule has 1 heterocycles. The van der Waals surface area contributed by atoms with Gasteiger partial charge in [0.25, 0.3) is 0 Å². The van der Waals surface area contributed by atoms with Crippen molar-refractivity contribution in [1.82, 2.24) is 15.4 Å². The zero-order valence-electron chi connectivity index (χ0n) is 11.9. The molecule has 0 aliphatic heterocycles. The average molecular weight is 313 g/mol. The van der Waals surface area contributed by atoms with Crippen LogP contribution in [0, 0.1) is 0 Å². The van der Waals surface area contributed by atoms with Crippen LogP contribution in [0.15, 0.2) is 23.1 Å². The Morgan fingerprint density at radius 2 is 1.90 bits per heavy atom. The van der Waals surface area contributed by atoms with Crippen molar-refractivity contribution in [2.45, 2.75) is 17.4 Å². The molecule has 6 nitrogen and oxygen atoms in total. The van der Waals surface area contributed by atoms with Gasteiger partial charge in [0.2, 0.25) is 0 Å². The molecule has 110 valence electrons. The number of hydrogen-bond donors (Lipinski definition) is 1. The Kier molecular flexibility index (Phi) is 5.55. The van der Waals surface area contributed by atoms with E-state index < -0.39 is 8.80 Å². The van der Waals surface area contributed by atoms with E-state index in [0.717, 1.165) is 34.1 Å². The van der Waals surface area contributed by atoms with Crippen molar-refractivity contribution in [3.63, 3.8) is 0 Å². The van der Waals surface area contributed by atoms with Crippen LogP contribution in [0.3, 0.4) is 0 Å². The summed E-state index contributed by atoms with van der Waals surface area (Å²) in [6.07, 6.45) is 0.959. The lowest BCUT2D eigenvalue weighted by atomic mass is 10.3. The predicted octanol–water partition coefficient (Wildman–Crippen LogP) is 2.32. The Morgan fingerprint density at radius 3 is 2.60 bits per heavy atom. The van der Waals surface area contributed by atoms with E-state index in [4.69, 9.17) is 13.3 Å². The van der Waals surface area contributed by atoms with E-state index in [1.807, 2.05) is 12.1 Å². The summed E-state index contributed by atoms with van der Waals surface area (Å²) < 4.78 is 16.2. The van der Waals surface area contributed by atoms with Crippen LogP contribution >= 0.6 is 11.8 Å². The van der Waals surface area contributed by atoms with E-state index in [9.17, 15) is 0 Å². The van der Waals surface area contributed by atoms with E-state index >= 15 is 0 Å². The first-order valence-electron chi connectivity index (χ1n) is 6.32. The fourth-order valence-electron chi connectivity index (χ4n) is 1.99. The van der Waals surface area contributed by atoms with Crippen LogP contribution in [-0.4, -0.2) is 51.3 Å². The molecule has 0 spiro atoms. The number of fused-ring (bicyclic) bond motifs is 1. The third-order valence-corrected chi connectivity index (χ3v) is 7.09. The topological polar surface area (TPSA) is 69.3 Å². The molecular weight excluding hydrogens is 294 g/mol. The lowest BCUT2D eigenvalue weighted by Gasteiger charge is -2.24. The van der Waals surface area contributed by atoms with Crippen LogP contribution in [0.4, 0.5) is 0 Å². The van der Waals surface area contributed by atoms with Crippen LogP contribution in [0.5, 0.6) is 0 Å². The monoisotopic (exact) mass is 313 g/mol. The first kappa shape index (κ1) is 15.5. The maximum Gasteiger partial charge on any atom is 0.500 e. The fourth-order valence-corrected chi connectivity index (χ4v) is 4.93. The molecule has 0 aliphatic rings. The molecule has 8 heteroatoms. The van der Waals surface area contributed by atoms with E-state index in [-0.39, 0.29) is 0 Å². The van der Waals surface area contributed by atoms with Crippen LogP contribution in [0.25, 0.3) is 11.0 Å². The molecule has 2 rings (SSSR count). The van der Waals surface area contributed by atoms with Crippen molar-refractivity contribution in [1.29, 1.82) is 0 Å². The Hall–Kier alpha value is -0.933. The molecule has 0 amide bonds. The number of H-pyrrole nitrogens is 1. The summed E-state index contributed by atoms with van der Waals surface area (Å²) in [6.45, 7) is 0. The summed E-state index contributed by atoms with van der Waals surface area (Å²) in [5.41, 5.74) is 1.82. The number of nitrogens with zero attached hydrogens (tertiary/aromatic N) is 2. The molecule has 1 aromatic heterocycles. The standard InChI is InChI=1S/C12H19N3O3SSi/c1-16-20(17-2,18-3)9-5-8-19-11-7-4-6-10-12(11)14-15-13-10/h4,6-7H,5,8-9H2,1-3H3,(H,13,14,15). The van der Waals surface area contributed by atoms with Crippen molar-refractivity contribution in [3.05, 3.63) is 18.2 Å². The van der Waals surface area contributed by atoms with Crippen molar-refractivity contribution < 1.29 is 13.3 Å². The quantitative estimate of drug-likeness (QED) is 0.458. The van der Waals surface area contributed by atoms with E-state index in [0.29, 0.717) is 0 Å². The van der Waals surface area contributed by atoms with E-state index in [1.54, 1.807) is 33.1 Å². The first-order valence-corrected chi connectivity index (χ1v) is 9.24. The van der Waals surface area contributed by atoms with Gasteiger partial charge < -0.3 is 13.3 Å². The summed E-state index contributed by atoms with van der Waals surface area (Å²) in [5.74, 6) is 0.955. The van der Waals surface area contributed by atoms with Crippen molar-refractivity contribution in [2.75, 3.05) is 27.1 Å². The highest BCUT2D eigenvalue weighted by molar-refractivity contribution is 7.99. The zero-order valence-corrected chi connectivity index (χ0v) is 13.7. The van der Waals surface area contributed by atoms with Gasteiger partial charge in [0.05, 0.1) is 0 Å². The van der Waals surface area contributed by atoms with E-state index in [1.165, 1.54) is 0 Å². The summed E-state index contributed by atoms with van der Waals surface area (Å²) in [4.78, 5) is 1.13. The number of nitrogens with one attached hydrogen (secondary N) is 1. The number of aromatic nitrogens is 3. The zero-order chi connectivity index (χ0) is 14.4. The molecule has 0 saturated heterocycles. The van der Waals surface area contributed by atoms with Gasteiger partial charge in [-0.2, -0.15) is 15.4 Å². The van der Waals surface area contributed by atoms with Gasteiger partial charge in [-0.3, -0.25) is 0 Å². The van der Waals surface area contributed by atoms with Gasteiger partial charge in [-0.05, 0) is 24.3 Å². The second-order valence-electron chi connectivity index (χ2n) is 4.19. The number of hydrogen-bond acceptors (Lipinski definition) is 6. The van der Waals surface area contributed by atoms with Gasteiger partial charge in [-0.1, -0.05) is 6.07 Å². The molecule has 0 radical (unpaired) electrons. The summed E-state index contributed by atoms with van der Waals surface area (Å²) >= 11 is 1.76. The van der Waals surface area contributed by atoms with Crippen LogP contribution in [0.1, 0.15) is 6.42 Å². The van der Waals surface area contributed by atoms with Crippen LogP contribution < -0.4 is 0 Å². The van der Waals surface area contributed by atoms with E-state index in [2.05, 4.69) is 21.5 Å². The predicted molar refractivity (Wildman–Crippen MR) is 80.8 cm³/mol. The van der Waals surface area contributed by atoms with Crippen LogP contribution in [-0.2, 0) is 13.3 Å². The van der Waals surface area contributed by atoms with Crippen molar-refractivity contribution in [2.24, 2.45) is 0 Å². The van der Waals surface area contributed by atoms with Gasteiger partial charge in [-0.15, -0.1) is 11.8 Å². The smallest absolute Gasteiger partial charge is 0.377 e. The molecule has 0 saturated carbocycles. The van der Waals surface area contributed by atoms with Crippen molar-refractivity contribution >= 4 is 31.6 Å². The molecular formula is C12H19N3O3SSi. The minimum Gasteiger partial charge on any atom is -0.377 e. The summed E-state index contributed by atoms with van der Waals surface area (Å²) in [6, 6.07) is 6.80. The molecule has 1 aromatic carbocycles. The minimum absolute atomic E-state index is 0.804. The Morgan fingerprint density at radius 1 is 1.15 bits per heavy atom. The number of benzene rings is 1. The molecule has 0 atom stereocenters. The molecule has 0 bridgehead atoms. The second-order valence-corrected chi connectivity index (χ2v) is 8.42. The summed E-state index contributed by atoms with van der Waals surface area (Å²) in [5, 5.41) is 10.9. The van der Waals surface area contributed by atoms with Gasteiger partial charge in [0.1, 0.15) is 11.0 Å². The maximum absolute atomic E-state index is 5.40. The Labute approximate surface area is 123 Å². The Bertz CT molecular complexity index is 539. The molecule has 0 unspecified atom stereocenters. The molecule has 20 heavy (non-hydrogen) atoms. The SMILES string of the molecule is CO[Si](CCCSc1cccc2n[nH]nc12)(OC)OC. The second kappa shape index (κ2) is 7.18. The largest absolute Gasteiger partial charge is 0.500 e. The lowest BCUT2D eigenvalue weighted by molar-refractivity contribution is 0.123. The molecule has 0 aliphatic carbocycles. The van der Waals surface area contributed by atoms with Crippen LogP contribution in [0.2, 0.25) is 6.04 Å². The highest BCUT2D eigenvalue weighted by Gasteiger charge is 2.36. The maximum atomic E-state index is 5.40. The normalized spacial score (nSPS) is 12.2. The third kappa shape index (κ3) is 3.39. The molecule has 0 fully saturated rings. The number of aromatic amines is 1. The summed E-state index contributed by atoms with van der Waals surface area (Å²) in [7, 11) is 2.48. The van der Waals surface area contributed by atoms with Gasteiger partial charge >= 0.3 is 8.80 Å².